The highest BCUT2D eigenvalue weighted by molar-refractivity contribution is 7.17. The van der Waals surface area contributed by atoms with E-state index in [9.17, 15) is 5.11 Å². The molecule has 0 aliphatic carbocycles. The minimum absolute atomic E-state index is 0.249. The molecule has 1 atom stereocenters. The molecule has 1 aromatic carbocycles. The topological polar surface area (TPSA) is 61.3 Å². The van der Waals surface area contributed by atoms with Crippen LogP contribution >= 0.6 is 11.3 Å². The number of aromatic nitrogens is 2. The number of likely N-dealkylation sites (tertiary alicyclic amines) is 1. The van der Waals surface area contributed by atoms with Crippen molar-refractivity contribution < 1.29 is 5.11 Å². The Morgan fingerprint density at radius 1 is 1.28 bits per heavy atom. The number of likely N-dealkylation sites (N-methyl/N-ethyl adjacent to an activating group) is 1. The lowest BCUT2D eigenvalue weighted by molar-refractivity contribution is 0.261. The third-order valence-corrected chi connectivity index (χ3v) is 5.68. The smallest absolute Gasteiger partial charge is 0.157 e. The summed E-state index contributed by atoms with van der Waals surface area (Å²) in [5, 5.41) is 25.9. The fraction of sp³-hybridized carbons (Fsp3) is 0.368. The first-order valence-corrected chi connectivity index (χ1v) is 9.49. The summed E-state index contributed by atoms with van der Waals surface area (Å²) in [5.41, 5.74) is 2.50. The van der Waals surface area contributed by atoms with Crippen molar-refractivity contribution in [2.75, 3.05) is 25.5 Å². The number of hydrogen-bond donors (Lipinski definition) is 2. The van der Waals surface area contributed by atoms with Gasteiger partial charge in [-0.15, -0.1) is 21.5 Å². The molecule has 0 saturated carbocycles. The summed E-state index contributed by atoms with van der Waals surface area (Å²) in [6, 6.07) is 8.14. The standard InChI is InChI=1S/C19H22N4OS/c1-12-5-6-14(16(24)10-12)17-18-15(7-9-25-18)19(22-21-17)20-13-4-3-8-23(2)11-13/h5-7,9-10,13,24H,3-4,8,11H2,1-2H3,(H,20,22)/t13-/m1/s1. The third-order valence-electron chi connectivity index (χ3n) is 4.76. The van der Waals surface area contributed by atoms with E-state index in [4.69, 9.17) is 0 Å². The highest BCUT2D eigenvalue weighted by atomic mass is 32.1. The number of nitrogens with zero attached hydrogens (tertiary/aromatic N) is 3. The van der Waals surface area contributed by atoms with Crippen LogP contribution in [0.1, 0.15) is 18.4 Å². The Balaban J connectivity index is 1.71. The number of aryl methyl sites for hydroxylation is 1. The van der Waals surface area contributed by atoms with Gasteiger partial charge in [-0.3, -0.25) is 0 Å². The van der Waals surface area contributed by atoms with E-state index in [2.05, 4.69) is 38.9 Å². The maximum atomic E-state index is 10.3. The number of thiophene rings is 1. The van der Waals surface area contributed by atoms with Crippen LogP contribution in [0.4, 0.5) is 5.82 Å². The van der Waals surface area contributed by atoms with Crippen LogP contribution in [0.3, 0.4) is 0 Å². The fourth-order valence-electron chi connectivity index (χ4n) is 3.48. The molecule has 5 nitrogen and oxygen atoms in total. The van der Waals surface area contributed by atoms with Crippen molar-refractivity contribution in [1.29, 1.82) is 0 Å². The van der Waals surface area contributed by atoms with E-state index in [0.717, 1.165) is 52.2 Å². The van der Waals surface area contributed by atoms with Crippen LogP contribution in [-0.4, -0.2) is 46.4 Å². The Bertz CT molecular complexity index is 908. The lowest BCUT2D eigenvalue weighted by atomic mass is 10.1. The molecular formula is C19H22N4OS. The van der Waals surface area contributed by atoms with Crippen molar-refractivity contribution in [3.63, 3.8) is 0 Å². The molecule has 25 heavy (non-hydrogen) atoms. The maximum Gasteiger partial charge on any atom is 0.157 e. The molecule has 3 aromatic rings. The summed E-state index contributed by atoms with van der Waals surface area (Å²) in [6.45, 7) is 4.14. The van der Waals surface area contributed by atoms with Crippen LogP contribution in [0.2, 0.25) is 0 Å². The molecule has 130 valence electrons. The third kappa shape index (κ3) is 3.19. The van der Waals surface area contributed by atoms with Crippen molar-refractivity contribution in [2.24, 2.45) is 0 Å². The Hall–Kier alpha value is -2.18. The molecule has 2 N–H and O–H groups in total. The number of piperidine rings is 1. The Kier molecular flexibility index (Phi) is 4.31. The maximum absolute atomic E-state index is 10.3. The van der Waals surface area contributed by atoms with E-state index in [-0.39, 0.29) is 5.75 Å². The fourth-order valence-corrected chi connectivity index (χ4v) is 4.37. The molecule has 0 radical (unpaired) electrons. The summed E-state index contributed by atoms with van der Waals surface area (Å²) >= 11 is 1.63. The molecule has 0 spiro atoms. The van der Waals surface area contributed by atoms with E-state index in [1.54, 1.807) is 17.4 Å². The zero-order valence-electron chi connectivity index (χ0n) is 14.5. The first kappa shape index (κ1) is 16.3. The molecule has 0 bridgehead atoms. The van der Waals surface area contributed by atoms with Gasteiger partial charge in [0.05, 0.1) is 4.70 Å². The first-order valence-electron chi connectivity index (χ1n) is 8.61. The van der Waals surface area contributed by atoms with Gasteiger partial charge in [0, 0.05) is 23.5 Å². The second-order valence-electron chi connectivity index (χ2n) is 6.83. The molecule has 4 rings (SSSR count). The zero-order valence-corrected chi connectivity index (χ0v) is 15.3. The molecule has 1 fully saturated rings. The van der Waals surface area contributed by atoms with Crippen LogP contribution in [0, 0.1) is 6.92 Å². The lowest BCUT2D eigenvalue weighted by Crippen LogP contribution is -2.39. The number of hydrogen-bond acceptors (Lipinski definition) is 6. The second-order valence-corrected chi connectivity index (χ2v) is 7.74. The number of aromatic hydroxyl groups is 1. The summed E-state index contributed by atoms with van der Waals surface area (Å²) < 4.78 is 1.06. The number of rotatable bonds is 3. The lowest BCUT2D eigenvalue weighted by Gasteiger charge is -2.30. The summed E-state index contributed by atoms with van der Waals surface area (Å²) in [5.74, 6) is 1.09. The molecule has 3 heterocycles. The average molecular weight is 354 g/mol. The SMILES string of the molecule is Cc1ccc(-c2nnc(N[C@@H]3CCCN(C)C3)c3ccsc23)c(O)c1. The van der Waals surface area contributed by atoms with Crippen LogP contribution in [0.25, 0.3) is 21.3 Å². The van der Waals surface area contributed by atoms with Gasteiger partial charge in [-0.2, -0.15) is 0 Å². The van der Waals surface area contributed by atoms with Gasteiger partial charge in [-0.1, -0.05) is 6.07 Å². The summed E-state index contributed by atoms with van der Waals surface area (Å²) in [6.07, 6.45) is 2.35. The van der Waals surface area contributed by atoms with Gasteiger partial charge in [-0.05, 0) is 62.5 Å². The number of phenols is 1. The highest BCUT2D eigenvalue weighted by Gasteiger charge is 2.20. The number of fused-ring (bicyclic) bond motifs is 1. The quantitative estimate of drug-likeness (QED) is 0.747. The monoisotopic (exact) mass is 354 g/mol. The minimum Gasteiger partial charge on any atom is -0.507 e. The van der Waals surface area contributed by atoms with Crippen molar-refractivity contribution in [2.45, 2.75) is 25.8 Å². The van der Waals surface area contributed by atoms with Crippen molar-refractivity contribution in [3.8, 4) is 17.0 Å². The predicted molar refractivity (Wildman–Crippen MR) is 103 cm³/mol. The van der Waals surface area contributed by atoms with Crippen LogP contribution < -0.4 is 5.32 Å². The zero-order chi connectivity index (χ0) is 17.4. The van der Waals surface area contributed by atoms with Crippen LogP contribution in [-0.2, 0) is 0 Å². The van der Waals surface area contributed by atoms with Gasteiger partial charge in [-0.25, -0.2) is 0 Å². The van der Waals surface area contributed by atoms with Crippen LogP contribution in [0.5, 0.6) is 5.75 Å². The van der Waals surface area contributed by atoms with Crippen molar-refractivity contribution >= 4 is 27.2 Å². The number of nitrogens with one attached hydrogen (secondary N) is 1. The van der Waals surface area contributed by atoms with E-state index in [0.29, 0.717) is 6.04 Å². The van der Waals surface area contributed by atoms with E-state index in [1.807, 2.05) is 19.1 Å². The predicted octanol–water partition coefficient (Wildman–Crippen LogP) is 3.88. The van der Waals surface area contributed by atoms with Gasteiger partial charge in [0.2, 0.25) is 0 Å². The molecule has 6 heteroatoms. The Labute approximate surface area is 151 Å². The molecule has 0 unspecified atom stereocenters. The molecule has 1 aliphatic rings. The van der Waals surface area contributed by atoms with Crippen molar-refractivity contribution in [1.82, 2.24) is 15.1 Å². The van der Waals surface area contributed by atoms with Gasteiger partial charge in [0.15, 0.2) is 5.82 Å². The first-order chi connectivity index (χ1) is 12.1. The second kappa shape index (κ2) is 6.61. The van der Waals surface area contributed by atoms with Gasteiger partial charge < -0.3 is 15.3 Å². The van der Waals surface area contributed by atoms with Gasteiger partial charge >= 0.3 is 0 Å². The molecule has 1 saturated heterocycles. The highest BCUT2D eigenvalue weighted by Crippen LogP contribution is 2.38. The Morgan fingerprint density at radius 2 is 2.16 bits per heavy atom. The largest absolute Gasteiger partial charge is 0.507 e. The van der Waals surface area contributed by atoms with E-state index in [1.165, 1.54) is 6.42 Å². The molecule has 0 amide bonds. The normalized spacial score (nSPS) is 18.6. The molecule has 2 aromatic heterocycles. The van der Waals surface area contributed by atoms with E-state index < -0.39 is 0 Å². The molecule has 1 aliphatic heterocycles. The average Bonchev–Trinajstić information content (AvgIpc) is 3.06. The van der Waals surface area contributed by atoms with Crippen molar-refractivity contribution in [3.05, 3.63) is 35.2 Å². The number of anilines is 1. The summed E-state index contributed by atoms with van der Waals surface area (Å²) in [7, 11) is 2.16. The summed E-state index contributed by atoms with van der Waals surface area (Å²) in [4.78, 5) is 2.35. The van der Waals surface area contributed by atoms with Crippen LogP contribution in [0.15, 0.2) is 29.6 Å². The van der Waals surface area contributed by atoms with Gasteiger partial charge in [0.1, 0.15) is 11.4 Å². The molecular weight excluding hydrogens is 332 g/mol. The minimum atomic E-state index is 0.249. The van der Waals surface area contributed by atoms with E-state index >= 15 is 0 Å². The number of phenolic OH excluding ortho intramolecular Hbond substituents is 1. The number of benzene rings is 1. The van der Waals surface area contributed by atoms with Gasteiger partial charge in [0.25, 0.3) is 0 Å². The Morgan fingerprint density at radius 3 is 2.96 bits per heavy atom.